The van der Waals surface area contributed by atoms with Crippen LogP contribution in [0.1, 0.15) is 20.8 Å². The van der Waals surface area contributed by atoms with Crippen LogP contribution >= 0.6 is 0 Å². The first-order valence-electron chi connectivity index (χ1n) is 6.41. The van der Waals surface area contributed by atoms with Gasteiger partial charge < -0.3 is 9.64 Å². The zero-order chi connectivity index (χ0) is 13.3. The van der Waals surface area contributed by atoms with Crippen molar-refractivity contribution >= 4 is 11.9 Å². The standard InChI is InChI=1S/C14H19NO3/c1-4-18-14(17)11-12(10-7-5-6-8-10)15(9(2)3)13(11)16/h5-12H,4H2,1-3H3/t11-,12-/m0/s1. The summed E-state index contributed by atoms with van der Waals surface area (Å²) in [5.74, 6) is -1.01. The Balaban J connectivity index is 2.18. The fourth-order valence-corrected chi connectivity index (χ4v) is 2.69. The summed E-state index contributed by atoms with van der Waals surface area (Å²) in [7, 11) is 0. The Bertz CT molecular complexity index is 399. The Morgan fingerprint density at radius 1 is 1.39 bits per heavy atom. The topological polar surface area (TPSA) is 46.6 Å². The van der Waals surface area contributed by atoms with Crippen LogP contribution in [0.15, 0.2) is 24.3 Å². The molecule has 1 fully saturated rings. The smallest absolute Gasteiger partial charge is 0.320 e. The van der Waals surface area contributed by atoms with E-state index >= 15 is 0 Å². The van der Waals surface area contributed by atoms with Crippen LogP contribution in [-0.2, 0) is 14.3 Å². The van der Waals surface area contributed by atoms with E-state index in [-0.39, 0.29) is 23.9 Å². The van der Waals surface area contributed by atoms with E-state index in [0.717, 1.165) is 0 Å². The molecule has 0 bridgehead atoms. The minimum Gasteiger partial charge on any atom is -0.465 e. The van der Waals surface area contributed by atoms with Crippen molar-refractivity contribution in [3.05, 3.63) is 24.3 Å². The fraction of sp³-hybridized carbons (Fsp3) is 0.571. The van der Waals surface area contributed by atoms with Gasteiger partial charge >= 0.3 is 5.97 Å². The molecule has 0 aromatic carbocycles. The SMILES string of the molecule is CCOC(=O)[C@@H]1C(=O)N(C(C)C)[C@H]1C1C=CC=C1. The summed E-state index contributed by atoms with van der Waals surface area (Å²) in [6, 6.07) is 0.0159. The van der Waals surface area contributed by atoms with E-state index in [1.165, 1.54) is 0 Å². The second-order valence-electron chi connectivity index (χ2n) is 4.91. The van der Waals surface area contributed by atoms with Crippen molar-refractivity contribution < 1.29 is 14.3 Å². The van der Waals surface area contributed by atoms with Crippen LogP contribution in [0.2, 0.25) is 0 Å². The van der Waals surface area contributed by atoms with Crippen molar-refractivity contribution in [2.75, 3.05) is 6.61 Å². The number of rotatable bonds is 4. The maximum atomic E-state index is 12.1. The number of ether oxygens (including phenoxy) is 1. The molecule has 1 aliphatic heterocycles. The summed E-state index contributed by atoms with van der Waals surface area (Å²) in [6.07, 6.45) is 7.96. The van der Waals surface area contributed by atoms with Crippen LogP contribution in [0.4, 0.5) is 0 Å². The molecule has 0 N–H and O–H groups in total. The first-order chi connectivity index (χ1) is 8.57. The Labute approximate surface area is 107 Å². The summed E-state index contributed by atoms with van der Waals surface area (Å²) < 4.78 is 5.00. The van der Waals surface area contributed by atoms with Gasteiger partial charge in [-0.05, 0) is 20.8 Å². The van der Waals surface area contributed by atoms with Gasteiger partial charge in [-0.1, -0.05) is 24.3 Å². The molecule has 2 rings (SSSR count). The highest BCUT2D eigenvalue weighted by Crippen LogP contribution is 2.37. The number of carbonyl (C=O) groups is 2. The van der Waals surface area contributed by atoms with Crippen LogP contribution in [0.3, 0.4) is 0 Å². The van der Waals surface area contributed by atoms with Crippen LogP contribution in [-0.4, -0.2) is 35.5 Å². The average Bonchev–Trinajstić information content (AvgIpc) is 2.78. The Hall–Kier alpha value is -1.58. The largest absolute Gasteiger partial charge is 0.465 e. The third-order valence-corrected chi connectivity index (χ3v) is 3.45. The molecule has 18 heavy (non-hydrogen) atoms. The summed E-state index contributed by atoms with van der Waals surface area (Å²) in [5, 5.41) is 0. The highest BCUT2D eigenvalue weighted by atomic mass is 16.5. The monoisotopic (exact) mass is 249 g/mol. The third-order valence-electron chi connectivity index (χ3n) is 3.45. The molecule has 4 nitrogen and oxygen atoms in total. The average molecular weight is 249 g/mol. The lowest BCUT2D eigenvalue weighted by molar-refractivity contribution is -0.176. The lowest BCUT2D eigenvalue weighted by Crippen LogP contribution is -2.67. The molecule has 2 aliphatic rings. The van der Waals surface area contributed by atoms with Crippen LogP contribution < -0.4 is 0 Å². The summed E-state index contributed by atoms with van der Waals surface area (Å²) >= 11 is 0. The predicted octanol–water partition coefficient (Wildman–Crippen LogP) is 1.53. The molecule has 0 aromatic heterocycles. The minimum absolute atomic E-state index is 0.0912. The normalized spacial score (nSPS) is 26.9. The van der Waals surface area contributed by atoms with Gasteiger partial charge in [-0.25, -0.2) is 0 Å². The van der Waals surface area contributed by atoms with Gasteiger partial charge in [-0.3, -0.25) is 9.59 Å². The van der Waals surface area contributed by atoms with Crippen molar-refractivity contribution in [2.24, 2.45) is 11.8 Å². The quantitative estimate of drug-likeness (QED) is 0.431. The molecule has 0 unspecified atom stereocenters. The minimum atomic E-state index is -0.634. The van der Waals surface area contributed by atoms with Gasteiger partial charge in [-0.15, -0.1) is 0 Å². The zero-order valence-electron chi connectivity index (χ0n) is 11.0. The van der Waals surface area contributed by atoms with Gasteiger partial charge in [0.2, 0.25) is 5.91 Å². The molecular weight excluding hydrogens is 230 g/mol. The molecule has 1 heterocycles. The van der Waals surface area contributed by atoms with E-state index < -0.39 is 11.9 Å². The maximum Gasteiger partial charge on any atom is 0.320 e. The lowest BCUT2D eigenvalue weighted by atomic mass is 9.78. The van der Waals surface area contributed by atoms with Crippen molar-refractivity contribution in [2.45, 2.75) is 32.9 Å². The molecule has 0 radical (unpaired) electrons. The number of amides is 1. The van der Waals surface area contributed by atoms with Gasteiger partial charge in [0.25, 0.3) is 0 Å². The molecule has 0 spiro atoms. The van der Waals surface area contributed by atoms with Crippen molar-refractivity contribution in [3.63, 3.8) is 0 Å². The Morgan fingerprint density at radius 3 is 2.50 bits per heavy atom. The van der Waals surface area contributed by atoms with E-state index in [4.69, 9.17) is 4.74 Å². The number of hydrogen-bond acceptors (Lipinski definition) is 3. The number of allylic oxidation sites excluding steroid dienone is 2. The van der Waals surface area contributed by atoms with Crippen molar-refractivity contribution in [1.82, 2.24) is 4.90 Å². The van der Waals surface area contributed by atoms with Crippen molar-refractivity contribution in [3.8, 4) is 0 Å². The van der Waals surface area contributed by atoms with E-state index in [2.05, 4.69) is 0 Å². The zero-order valence-corrected chi connectivity index (χ0v) is 11.0. The van der Waals surface area contributed by atoms with Gasteiger partial charge in [0.05, 0.1) is 12.6 Å². The highest BCUT2D eigenvalue weighted by molar-refractivity contribution is 6.04. The lowest BCUT2D eigenvalue weighted by Gasteiger charge is -2.50. The molecule has 2 atom stereocenters. The summed E-state index contributed by atoms with van der Waals surface area (Å²) in [4.78, 5) is 25.7. The number of β-lactam (4-membered cyclic amide) rings is 1. The van der Waals surface area contributed by atoms with Crippen LogP contribution in [0, 0.1) is 11.8 Å². The molecule has 4 heteroatoms. The van der Waals surface area contributed by atoms with Gasteiger partial charge in [0, 0.05) is 12.0 Å². The first-order valence-corrected chi connectivity index (χ1v) is 6.41. The van der Waals surface area contributed by atoms with Crippen molar-refractivity contribution in [1.29, 1.82) is 0 Å². The van der Waals surface area contributed by atoms with Gasteiger partial charge in [0.15, 0.2) is 5.92 Å². The second kappa shape index (κ2) is 4.96. The number of carbonyl (C=O) groups excluding carboxylic acids is 2. The molecule has 0 saturated carbocycles. The number of hydrogen-bond donors (Lipinski definition) is 0. The molecule has 0 aromatic rings. The van der Waals surface area contributed by atoms with Crippen LogP contribution in [0.25, 0.3) is 0 Å². The van der Waals surface area contributed by atoms with Gasteiger partial charge in [0.1, 0.15) is 0 Å². The van der Waals surface area contributed by atoms with E-state index in [1.807, 2.05) is 38.2 Å². The number of nitrogens with zero attached hydrogens (tertiary/aromatic N) is 1. The Kier molecular flexibility index (Phi) is 3.55. The summed E-state index contributed by atoms with van der Waals surface area (Å²) in [5.41, 5.74) is 0. The second-order valence-corrected chi connectivity index (χ2v) is 4.91. The molecular formula is C14H19NO3. The molecule has 98 valence electrons. The molecule has 1 aliphatic carbocycles. The maximum absolute atomic E-state index is 12.1. The number of likely N-dealkylation sites (tertiary alicyclic amines) is 1. The first kappa shape index (κ1) is 12.9. The molecule has 1 amide bonds. The van der Waals surface area contributed by atoms with E-state index in [1.54, 1.807) is 11.8 Å². The molecule has 1 saturated heterocycles. The van der Waals surface area contributed by atoms with E-state index in [0.29, 0.717) is 6.61 Å². The number of esters is 1. The predicted molar refractivity (Wildman–Crippen MR) is 67.7 cm³/mol. The summed E-state index contributed by atoms with van der Waals surface area (Å²) in [6.45, 7) is 6.00. The highest BCUT2D eigenvalue weighted by Gasteiger charge is 2.55. The third kappa shape index (κ3) is 1.96. The fourth-order valence-electron chi connectivity index (χ4n) is 2.69. The van der Waals surface area contributed by atoms with Crippen LogP contribution in [0.5, 0.6) is 0 Å². The van der Waals surface area contributed by atoms with Gasteiger partial charge in [-0.2, -0.15) is 0 Å². The Morgan fingerprint density at radius 2 is 2.00 bits per heavy atom. The van der Waals surface area contributed by atoms with E-state index in [9.17, 15) is 9.59 Å².